The molecule has 2 N–H and O–H groups in total. The minimum Gasteiger partial charge on any atom is -0.348 e. The lowest BCUT2D eigenvalue weighted by Gasteiger charge is -1.95. The third-order valence-electron chi connectivity index (χ3n) is 1.90. The highest BCUT2D eigenvalue weighted by Crippen LogP contribution is 2.10. The zero-order valence-corrected chi connectivity index (χ0v) is 9.15. The quantitative estimate of drug-likeness (QED) is 0.851. The fourth-order valence-corrected chi connectivity index (χ4v) is 1.28. The molecule has 0 radical (unpaired) electrons. The van der Waals surface area contributed by atoms with E-state index in [0.717, 1.165) is 10.6 Å². The molecule has 0 amide bonds. The molecule has 0 bridgehead atoms. The van der Waals surface area contributed by atoms with Crippen LogP contribution in [0.5, 0.6) is 0 Å². The van der Waals surface area contributed by atoms with Crippen LogP contribution in [-0.4, -0.2) is 27.2 Å². The Kier molecular flexibility index (Phi) is 3.50. The summed E-state index contributed by atoms with van der Waals surface area (Å²) in [6, 6.07) is 7.61. The van der Waals surface area contributed by atoms with Crippen LogP contribution in [0.15, 0.2) is 30.3 Å². The van der Waals surface area contributed by atoms with Gasteiger partial charge in [0.1, 0.15) is 0 Å². The predicted octanol–water partition coefficient (Wildman–Crippen LogP) is 1.98. The van der Waals surface area contributed by atoms with Crippen molar-refractivity contribution < 1.29 is 0 Å². The molecule has 1 aromatic carbocycles. The van der Waals surface area contributed by atoms with Gasteiger partial charge in [0.2, 0.25) is 0 Å². The van der Waals surface area contributed by atoms with Gasteiger partial charge in [0.05, 0.1) is 0 Å². The Morgan fingerprint density at radius 1 is 1.31 bits per heavy atom. The lowest BCUT2D eigenvalue weighted by atomic mass is 10.2. The summed E-state index contributed by atoms with van der Waals surface area (Å²) in [5.74, 6) is 0.487. The number of hydrogen-bond donors (Lipinski definition) is 2. The number of H-pyrrole nitrogens is 1. The van der Waals surface area contributed by atoms with E-state index < -0.39 is 0 Å². The molecule has 0 unspecified atom stereocenters. The number of tetrazole rings is 1. The standard InChI is InChI=1S/C10H10ClN5/c11-9-5-3-8(4-6-9)2-1-7-12-10-13-15-16-14-10/h1-6H,7H2,(H2,12,13,14,15,16)/b2-1+. The number of nitrogens with one attached hydrogen (secondary N) is 2. The predicted molar refractivity (Wildman–Crippen MR) is 63.2 cm³/mol. The van der Waals surface area contributed by atoms with Gasteiger partial charge in [-0.2, -0.15) is 5.21 Å². The van der Waals surface area contributed by atoms with Crippen LogP contribution >= 0.6 is 11.6 Å². The van der Waals surface area contributed by atoms with Crippen molar-refractivity contribution in [2.75, 3.05) is 11.9 Å². The number of anilines is 1. The molecular weight excluding hydrogens is 226 g/mol. The molecule has 16 heavy (non-hydrogen) atoms. The first-order valence-corrected chi connectivity index (χ1v) is 5.12. The van der Waals surface area contributed by atoms with Crippen molar-refractivity contribution in [3.05, 3.63) is 40.9 Å². The van der Waals surface area contributed by atoms with Crippen LogP contribution in [0.3, 0.4) is 0 Å². The third kappa shape index (κ3) is 3.06. The molecule has 0 spiro atoms. The van der Waals surface area contributed by atoms with Gasteiger partial charge in [-0.3, -0.25) is 0 Å². The summed E-state index contributed by atoms with van der Waals surface area (Å²) in [6.07, 6.45) is 3.96. The van der Waals surface area contributed by atoms with Gasteiger partial charge in [-0.25, -0.2) is 0 Å². The summed E-state index contributed by atoms with van der Waals surface area (Å²) in [6.45, 7) is 0.641. The molecule has 0 aliphatic heterocycles. The minimum absolute atomic E-state index is 0.487. The Balaban J connectivity index is 1.83. The van der Waals surface area contributed by atoms with Crippen LogP contribution < -0.4 is 5.32 Å². The average molecular weight is 236 g/mol. The largest absolute Gasteiger partial charge is 0.348 e. The van der Waals surface area contributed by atoms with E-state index in [1.807, 2.05) is 36.4 Å². The van der Waals surface area contributed by atoms with Gasteiger partial charge < -0.3 is 5.32 Å². The lowest BCUT2D eigenvalue weighted by Crippen LogP contribution is -1.99. The Morgan fingerprint density at radius 3 is 2.81 bits per heavy atom. The Bertz CT molecular complexity index is 449. The molecule has 2 rings (SSSR count). The number of halogens is 1. The summed E-state index contributed by atoms with van der Waals surface area (Å²) in [5, 5.41) is 17.0. The smallest absolute Gasteiger partial charge is 0.263 e. The molecule has 5 nitrogen and oxygen atoms in total. The monoisotopic (exact) mass is 235 g/mol. The zero-order valence-electron chi connectivity index (χ0n) is 8.39. The molecule has 0 saturated heterocycles. The average Bonchev–Trinajstić information content (AvgIpc) is 2.80. The maximum absolute atomic E-state index is 5.78. The second-order valence-electron chi connectivity index (χ2n) is 3.07. The lowest BCUT2D eigenvalue weighted by molar-refractivity contribution is 0.881. The number of aromatic nitrogens is 4. The van der Waals surface area contributed by atoms with E-state index in [-0.39, 0.29) is 0 Å². The van der Waals surface area contributed by atoms with Gasteiger partial charge in [-0.1, -0.05) is 41.0 Å². The maximum Gasteiger partial charge on any atom is 0.263 e. The number of rotatable bonds is 4. The SMILES string of the molecule is Clc1ccc(/C=C/CNc2nn[nH]n2)cc1. The van der Waals surface area contributed by atoms with Crippen LogP contribution in [0.25, 0.3) is 6.08 Å². The maximum atomic E-state index is 5.78. The van der Waals surface area contributed by atoms with E-state index in [2.05, 4.69) is 25.9 Å². The van der Waals surface area contributed by atoms with Crippen molar-refractivity contribution in [2.24, 2.45) is 0 Å². The number of benzene rings is 1. The Hall–Kier alpha value is -1.88. The van der Waals surface area contributed by atoms with Crippen LogP contribution in [0.4, 0.5) is 5.95 Å². The highest BCUT2D eigenvalue weighted by molar-refractivity contribution is 6.30. The molecule has 0 fully saturated rings. The molecule has 1 heterocycles. The summed E-state index contributed by atoms with van der Waals surface area (Å²) < 4.78 is 0. The van der Waals surface area contributed by atoms with Crippen LogP contribution in [0.2, 0.25) is 5.02 Å². The molecule has 0 atom stereocenters. The highest BCUT2D eigenvalue weighted by atomic mass is 35.5. The van der Waals surface area contributed by atoms with Crippen molar-refractivity contribution in [2.45, 2.75) is 0 Å². The van der Waals surface area contributed by atoms with Gasteiger partial charge in [0.15, 0.2) is 0 Å². The van der Waals surface area contributed by atoms with Crippen LogP contribution in [0.1, 0.15) is 5.56 Å². The molecular formula is C10H10ClN5. The normalized spacial score (nSPS) is 10.8. The third-order valence-corrected chi connectivity index (χ3v) is 2.16. The fourth-order valence-electron chi connectivity index (χ4n) is 1.16. The first-order chi connectivity index (χ1) is 7.84. The minimum atomic E-state index is 0.487. The van der Waals surface area contributed by atoms with Gasteiger partial charge >= 0.3 is 0 Å². The summed E-state index contributed by atoms with van der Waals surface area (Å²) >= 11 is 5.78. The van der Waals surface area contributed by atoms with Crippen molar-refractivity contribution in [1.82, 2.24) is 20.6 Å². The molecule has 0 aliphatic carbocycles. The van der Waals surface area contributed by atoms with E-state index in [1.165, 1.54) is 0 Å². The van der Waals surface area contributed by atoms with Crippen molar-refractivity contribution in [1.29, 1.82) is 0 Å². The molecule has 1 aromatic heterocycles. The zero-order chi connectivity index (χ0) is 11.2. The van der Waals surface area contributed by atoms with Crippen molar-refractivity contribution >= 4 is 23.6 Å². The van der Waals surface area contributed by atoms with E-state index >= 15 is 0 Å². The number of hydrogen-bond acceptors (Lipinski definition) is 4. The van der Waals surface area contributed by atoms with E-state index in [1.54, 1.807) is 0 Å². The first kappa shape index (κ1) is 10.6. The second kappa shape index (κ2) is 5.27. The molecule has 0 saturated carbocycles. The summed E-state index contributed by atoms with van der Waals surface area (Å²) in [7, 11) is 0. The fraction of sp³-hybridized carbons (Fsp3) is 0.100. The molecule has 82 valence electrons. The molecule has 2 aromatic rings. The van der Waals surface area contributed by atoms with Gasteiger partial charge in [0.25, 0.3) is 5.95 Å². The van der Waals surface area contributed by atoms with Crippen LogP contribution in [-0.2, 0) is 0 Å². The molecule has 6 heteroatoms. The van der Waals surface area contributed by atoms with Crippen LogP contribution in [0, 0.1) is 0 Å². The van der Waals surface area contributed by atoms with E-state index in [9.17, 15) is 0 Å². The van der Waals surface area contributed by atoms with Crippen molar-refractivity contribution in [3.8, 4) is 0 Å². The Morgan fingerprint density at radius 2 is 2.12 bits per heavy atom. The van der Waals surface area contributed by atoms with Crippen molar-refractivity contribution in [3.63, 3.8) is 0 Å². The number of aromatic amines is 1. The summed E-state index contributed by atoms with van der Waals surface area (Å²) in [5.41, 5.74) is 1.10. The first-order valence-electron chi connectivity index (χ1n) is 4.74. The van der Waals surface area contributed by atoms with Gasteiger partial charge in [0, 0.05) is 11.6 Å². The number of nitrogens with zero attached hydrogens (tertiary/aromatic N) is 3. The summed E-state index contributed by atoms with van der Waals surface area (Å²) in [4.78, 5) is 0. The molecule has 0 aliphatic rings. The van der Waals surface area contributed by atoms with Gasteiger partial charge in [-0.05, 0) is 22.9 Å². The Labute approximate surface area is 97.5 Å². The topological polar surface area (TPSA) is 66.5 Å². The second-order valence-corrected chi connectivity index (χ2v) is 3.51. The van der Waals surface area contributed by atoms with E-state index in [0.29, 0.717) is 12.5 Å². The highest BCUT2D eigenvalue weighted by Gasteiger charge is 1.92. The van der Waals surface area contributed by atoms with E-state index in [4.69, 9.17) is 11.6 Å². The van der Waals surface area contributed by atoms with Gasteiger partial charge in [-0.15, -0.1) is 5.10 Å².